The Balaban J connectivity index is 1.66. The molecule has 132 valence electrons. The molecule has 0 atom stereocenters. The number of hydrogen-bond acceptors (Lipinski definition) is 4. The molecule has 0 saturated carbocycles. The van der Waals surface area contributed by atoms with Gasteiger partial charge in [0.15, 0.2) is 0 Å². The second-order valence-electron chi connectivity index (χ2n) is 6.06. The number of carbonyl (C=O) groups is 1. The fourth-order valence-electron chi connectivity index (χ4n) is 3.02. The Morgan fingerprint density at radius 2 is 2.00 bits per heavy atom. The number of nitrogens with zero attached hydrogens (tertiary/aromatic N) is 2. The molecule has 0 aliphatic carbocycles. The lowest BCUT2D eigenvalue weighted by molar-refractivity contribution is -0.119. The van der Waals surface area contributed by atoms with Crippen LogP contribution in [-0.2, 0) is 11.3 Å². The van der Waals surface area contributed by atoms with Crippen LogP contribution >= 0.6 is 0 Å². The van der Waals surface area contributed by atoms with Crippen molar-refractivity contribution in [2.24, 2.45) is 0 Å². The summed E-state index contributed by atoms with van der Waals surface area (Å²) in [5, 5.41) is 2.91. The number of halogens is 1. The standard InChI is InChI=1S/C19H22FN3O2/c1-22-9-10-23(17-11-15(20)7-8-16(17)22)13-19(24)21-12-14-5-3-4-6-18(14)25-2/h3-8,11H,9-10,12-13H2,1-2H3,(H,21,24). The van der Waals surface area contributed by atoms with Gasteiger partial charge in [-0.2, -0.15) is 0 Å². The van der Waals surface area contributed by atoms with E-state index >= 15 is 0 Å². The third-order valence-corrected chi connectivity index (χ3v) is 4.40. The molecule has 0 radical (unpaired) electrons. The third-order valence-electron chi connectivity index (χ3n) is 4.40. The maximum atomic E-state index is 13.6. The van der Waals surface area contributed by atoms with Crippen LogP contribution in [0.15, 0.2) is 42.5 Å². The molecule has 0 aromatic heterocycles. The number of anilines is 2. The molecular formula is C19H22FN3O2. The number of nitrogens with one attached hydrogen (secondary N) is 1. The molecule has 2 aromatic rings. The summed E-state index contributed by atoms with van der Waals surface area (Å²) in [6.45, 7) is 2.06. The Bertz CT molecular complexity index is 766. The molecule has 6 heteroatoms. The average molecular weight is 343 g/mol. The minimum atomic E-state index is -0.298. The van der Waals surface area contributed by atoms with Gasteiger partial charge in [0.05, 0.1) is 25.0 Å². The summed E-state index contributed by atoms with van der Waals surface area (Å²) in [4.78, 5) is 16.3. The lowest BCUT2D eigenvalue weighted by atomic mass is 10.1. The van der Waals surface area contributed by atoms with Gasteiger partial charge in [-0.05, 0) is 24.3 Å². The minimum absolute atomic E-state index is 0.106. The molecule has 0 saturated heterocycles. The number of benzene rings is 2. The van der Waals surface area contributed by atoms with Gasteiger partial charge in [-0.3, -0.25) is 4.79 Å². The first-order chi connectivity index (χ1) is 12.1. The summed E-state index contributed by atoms with van der Waals surface area (Å²) in [5.74, 6) is 0.342. The number of ether oxygens (including phenoxy) is 1. The third kappa shape index (κ3) is 3.84. The van der Waals surface area contributed by atoms with Crippen LogP contribution in [-0.4, -0.2) is 39.7 Å². The van der Waals surface area contributed by atoms with Crippen LogP contribution in [0.1, 0.15) is 5.56 Å². The zero-order chi connectivity index (χ0) is 17.8. The highest BCUT2D eigenvalue weighted by Gasteiger charge is 2.22. The van der Waals surface area contributed by atoms with E-state index in [0.29, 0.717) is 13.1 Å². The number of carbonyl (C=O) groups excluding carboxylic acids is 1. The van der Waals surface area contributed by atoms with Crippen molar-refractivity contribution in [3.63, 3.8) is 0 Å². The molecule has 5 nitrogen and oxygen atoms in total. The Morgan fingerprint density at radius 3 is 2.80 bits per heavy atom. The molecular weight excluding hydrogens is 321 g/mol. The Hall–Kier alpha value is -2.76. The highest BCUT2D eigenvalue weighted by Crippen LogP contribution is 2.32. The topological polar surface area (TPSA) is 44.8 Å². The molecule has 1 aliphatic heterocycles. The summed E-state index contributed by atoms with van der Waals surface area (Å²) >= 11 is 0. The van der Waals surface area contributed by atoms with E-state index < -0.39 is 0 Å². The van der Waals surface area contributed by atoms with Crippen LogP contribution in [0.2, 0.25) is 0 Å². The molecule has 25 heavy (non-hydrogen) atoms. The first-order valence-corrected chi connectivity index (χ1v) is 8.22. The van der Waals surface area contributed by atoms with Gasteiger partial charge in [-0.15, -0.1) is 0 Å². The Kier molecular flexibility index (Phi) is 5.07. The predicted octanol–water partition coefficient (Wildman–Crippen LogP) is 2.41. The molecule has 1 N–H and O–H groups in total. The van der Waals surface area contributed by atoms with E-state index in [1.165, 1.54) is 12.1 Å². The van der Waals surface area contributed by atoms with Crippen molar-refractivity contribution >= 4 is 17.3 Å². The second kappa shape index (κ2) is 7.42. The summed E-state index contributed by atoms with van der Waals surface area (Å²) in [5.41, 5.74) is 2.61. The quantitative estimate of drug-likeness (QED) is 0.906. The highest BCUT2D eigenvalue weighted by molar-refractivity contribution is 5.84. The van der Waals surface area contributed by atoms with Crippen LogP contribution in [0.4, 0.5) is 15.8 Å². The second-order valence-corrected chi connectivity index (χ2v) is 6.06. The summed E-state index contributed by atoms with van der Waals surface area (Å²) < 4.78 is 18.9. The Labute approximate surface area is 147 Å². The number of methoxy groups -OCH3 is 1. The van der Waals surface area contributed by atoms with Crippen molar-refractivity contribution in [3.8, 4) is 5.75 Å². The van der Waals surface area contributed by atoms with Crippen molar-refractivity contribution in [1.29, 1.82) is 0 Å². The van der Waals surface area contributed by atoms with Gasteiger partial charge in [0.2, 0.25) is 5.91 Å². The molecule has 0 unspecified atom stereocenters. The molecule has 0 spiro atoms. The smallest absolute Gasteiger partial charge is 0.239 e. The number of hydrogen-bond donors (Lipinski definition) is 1. The lowest BCUT2D eigenvalue weighted by Gasteiger charge is -2.36. The minimum Gasteiger partial charge on any atom is -0.496 e. The van der Waals surface area contributed by atoms with E-state index in [0.717, 1.165) is 29.2 Å². The van der Waals surface area contributed by atoms with Gasteiger partial charge in [-0.1, -0.05) is 18.2 Å². The fourth-order valence-corrected chi connectivity index (χ4v) is 3.02. The normalized spacial score (nSPS) is 13.4. The van der Waals surface area contributed by atoms with Crippen molar-refractivity contribution in [3.05, 3.63) is 53.8 Å². The zero-order valence-corrected chi connectivity index (χ0v) is 14.5. The van der Waals surface area contributed by atoms with Crippen LogP contribution in [0, 0.1) is 5.82 Å². The molecule has 3 rings (SSSR count). The summed E-state index contributed by atoms with van der Waals surface area (Å²) in [6, 6.07) is 12.3. The lowest BCUT2D eigenvalue weighted by Crippen LogP contribution is -2.44. The van der Waals surface area contributed by atoms with Gasteiger partial charge in [-0.25, -0.2) is 4.39 Å². The number of para-hydroxylation sites is 1. The van der Waals surface area contributed by atoms with Gasteiger partial charge < -0.3 is 19.9 Å². The zero-order valence-electron chi connectivity index (χ0n) is 14.5. The van der Waals surface area contributed by atoms with E-state index in [2.05, 4.69) is 10.2 Å². The fraction of sp³-hybridized carbons (Fsp3) is 0.316. The maximum absolute atomic E-state index is 13.6. The molecule has 0 fully saturated rings. The molecule has 1 aliphatic rings. The summed E-state index contributed by atoms with van der Waals surface area (Å²) in [7, 11) is 3.58. The molecule has 1 amide bonds. The summed E-state index contributed by atoms with van der Waals surface area (Å²) in [6.07, 6.45) is 0. The van der Waals surface area contributed by atoms with Crippen molar-refractivity contribution in [2.45, 2.75) is 6.54 Å². The van der Waals surface area contributed by atoms with Crippen LogP contribution in [0.3, 0.4) is 0 Å². The van der Waals surface area contributed by atoms with Crippen molar-refractivity contribution < 1.29 is 13.9 Å². The largest absolute Gasteiger partial charge is 0.496 e. The number of rotatable bonds is 5. The van der Waals surface area contributed by atoms with Crippen LogP contribution in [0.5, 0.6) is 5.75 Å². The van der Waals surface area contributed by atoms with E-state index in [1.54, 1.807) is 13.2 Å². The van der Waals surface area contributed by atoms with Gasteiger partial charge >= 0.3 is 0 Å². The number of fused-ring (bicyclic) bond motifs is 1. The molecule has 0 bridgehead atoms. The Morgan fingerprint density at radius 1 is 1.20 bits per heavy atom. The highest BCUT2D eigenvalue weighted by atomic mass is 19.1. The maximum Gasteiger partial charge on any atom is 0.239 e. The SMILES string of the molecule is COc1ccccc1CNC(=O)CN1CCN(C)c2ccc(F)cc21. The molecule has 1 heterocycles. The van der Waals surface area contributed by atoms with Crippen LogP contribution < -0.4 is 19.9 Å². The number of likely N-dealkylation sites (N-methyl/N-ethyl adjacent to an activating group) is 1. The van der Waals surface area contributed by atoms with Gasteiger partial charge in [0, 0.05) is 32.2 Å². The van der Waals surface area contributed by atoms with E-state index in [9.17, 15) is 9.18 Å². The average Bonchev–Trinajstić information content (AvgIpc) is 2.62. The number of amides is 1. The van der Waals surface area contributed by atoms with Gasteiger partial charge in [0.25, 0.3) is 0 Å². The van der Waals surface area contributed by atoms with Crippen molar-refractivity contribution in [2.75, 3.05) is 43.6 Å². The predicted molar refractivity (Wildman–Crippen MR) is 96.7 cm³/mol. The van der Waals surface area contributed by atoms with E-state index in [1.807, 2.05) is 36.2 Å². The first kappa shape index (κ1) is 17.1. The molecule has 2 aromatic carbocycles. The van der Waals surface area contributed by atoms with Crippen molar-refractivity contribution in [1.82, 2.24) is 5.32 Å². The van der Waals surface area contributed by atoms with Crippen LogP contribution in [0.25, 0.3) is 0 Å². The monoisotopic (exact) mass is 343 g/mol. The van der Waals surface area contributed by atoms with E-state index in [-0.39, 0.29) is 18.3 Å². The van der Waals surface area contributed by atoms with Gasteiger partial charge in [0.1, 0.15) is 11.6 Å². The van der Waals surface area contributed by atoms with E-state index in [4.69, 9.17) is 4.74 Å². The first-order valence-electron chi connectivity index (χ1n) is 8.22.